The van der Waals surface area contributed by atoms with Crippen molar-refractivity contribution in [3.8, 4) is 17.2 Å². The molecule has 0 saturated carbocycles. The van der Waals surface area contributed by atoms with Crippen molar-refractivity contribution in [1.82, 2.24) is 10.6 Å². The molecular weight excluding hydrogens is 308 g/mol. The van der Waals surface area contributed by atoms with Gasteiger partial charge in [-0.15, -0.1) is 0 Å². The van der Waals surface area contributed by atoms with Crippen LogP contribution in [0.1, 0.15) is 23.6 Å². The van der Waals surface area contributed by atoms with Crippen LogP contribution in [0.2, 0.25) is 0 Å². The molecule has 2 aliphatic heterocycles. The highest BCUT2D eigenvalue weighted by atomic mass is 16.7. The van der Waals surface area contributed by atoms with E-state index in [2.05, 4.69) is 10.6 Å². The molecule has 0 unspecified atom stereocenters. The Morgan fingerprint density at radius 3 is 2.88 bits per heavy atom. The number of amides is 2. The monoisotopic (exact) mass is 326 g/mol. The van der Waals surface area contributed by atoms with Crippen molar-refractivity contribution in [3.63, 3.8) is 0 Å². The fraction of sp³-hybridized carbons (Fsp3) is 0.278. The molecule has 2 aromatic carbocycles. The summed E-state index contributed by atoms with van der Waals surface area (Å²) in [5.74, 6) is 2.29. The zero-order valence-corrected chi connectivity index (χ0v) is 13.1. The van der Waals surface area contributed by atoms with Crippen molar-refractivity contribution in [2.45, 2.75) is 19.0 Å². The molecule has 6 nitrogen and oxygen atoms in total. The molecule has 2 aliphatic rings. The van der Waals surface area contributed by atoms with Crippen molar-refractivity contribution in [1.29, 1.82) is 0 Å². The molecule has 2 heterocycles. The number of carbonyl (C=O) groups is 1. The van der Waals surface area contributed by atoms with E-state index in [-0.39, 0.29) is 18.9 Å². The highest BCUT2D eigenvalue weighted by Crippen LogP contribution is 2.33. The molecule has 4 rings (SSSR count). The molecule has 6 heteroatoms. The van der Waals surface area contributed by atoms with Crippen molar-refractivity contribution in [2.75, 3.05) is 13.4 Å². The van der Waals surface area contributed by atoms with Crippen LogP contribution < -0.4 is 24.8 Å². The summed E-state index contributed by atoms with van der Waals surface area (Å²) in [6.45, 7) is 1.27. The third-order valence-corrected chi connectivity index (χ3v) is 4.15. The van der Waals surface area contributed by atoms with E-state index in [4.69, 9.17) is 14.2 Å². The van der Waals surface area contributed by atoms with Gasteiger partial charge in [-0.25, -0.2) is 4.79 Å². The molecule has 0 fully saturated rings. The third-order valence-electron chi connectivity index (χ3n) is 4.15. The SMILES string of the molecule is O=C(NCc1ccc2c(c1)OCO2)N[C@H]1CCOc2ccccc21. The highest BCUT2D eigenvalue weighted by molar-refractivity contribution is 5.74. The van der Waals surface area contributed by atoms with Crippen molar-refractivity contribution in [2.24, 2.45) is 0 Å². The van der Waals surface area contributed by atoms with Gasteiger partial charge < -0.3 is 24.8 Å². The van der Waals surface area contributed by atoms with Gasteiger partial charge in [0.25, 0.3) is 0 Å². The fourth-order valence-corrected chi connectivity index (χ4v) is 2.93. The van der Waals surface area contributed by atoms with Crippen LogP contribution in [0.25, 0.3) is 0 Å². The van der Waals surface area contributed by atoms with Crippen LogP contribution in [0.3, 0.4) is 0 Å². The summed E-state index contributed by atoms with van der Waals surface area (Å²) in [4.78, 5) is 12.2. The number of nitrogens with one attached hydrogen (secondary N) is 2. The number of hydrogen-bond donors (Lipinski definition) is 2. The molecule has 0 aliphatic carbocycles. The topological polar surface area (TPSA) is 68.8 Å². The Bertz CT molecular complexity index is 762. The molecule has 0 spiro atoms. The number of hydrogen-bond acceptors (Lipinski definition) is 4. The molecule has 1 atom stereocenters. The zero-order chi connectivity index (χ0) is 16.4. The first-order chi connectivity index (χ1) is 11.8. The highest BCUT2D eigenvalue weighted by Gasteiger charge is 2.22. The van der Waals surface area contributed by atoms with Crippen molar-refractivity contribution >= 4 is 6.03 Å². The Labute approximate surface area is 139 Å². The van der Waals surface area contributed by atoms with Crippen LogP contribution in [0.4, 0.5) is 4.79 Å². The van der Waals surface area contributed by atoms with Gasteiger partial charge in [-0.05, 0) is 23.8 Å². The van der Waals surface area contributed by atoms with Crippen LogP contribution in [0.5, 0.6) is 17.2 Å². The number of rotatable bonds is 3. The summed E-state index contributed by atoms with van der Waals surface area (Å²) in [7, 11) is 0. The molecule has 24 heavy (non-hydrogen) atoms. The Hall–Kier alpha value is -2.89. The van der Waals surface area contributed by atoms with Crippen LogP contribution in [0.15, 0.2) is 42.5 Å². The molecule has 0 bridgehead atoms. The Morgan fingerprint density at radius 2 is 1.92 bits per heavy atom. The summed E-state index contributed by atoms with van der Waals surface area (Å²) in [6.07, 6.45) is 0.758. The molecular formula is C18H18N2O4. The Balaban J connectivity index is 1.36. The maximum atomic E-state index is 12.2. The lowest BCUT2D eigenvalue weighted by Gasteiger charge is -2.26. The van der Waals surface area contributed by atoms with E-state index in [0.29, 0.717) is 18.9 Å². The van der Waals surface area contributed by atoms with Crippen LogP contribution >= 0.6 is 0 Å². The molecule has 0 aromatic heterocycles. The first-order valence-corrected chi connectivity index (χ1v) is 7.94. The first-order valence-electron chi connectivity index (χ1n) is 7.94. The molecule has 2 N–H and O–H groups in total. The van der Waals surface area contributed by atoms with Gasteiger partial charge in [0.1, 0.15) is 5.75 Å². The molecule has 2 aromatic rings. The maximum absolute atomic E-state index is 12.2. The van der Waals surface area contributed by atoms with Gasteiger partial charge in [0.15, 0.2) is 11.5 Å². The van der Waals surface area contributed by atoms with E-state index in [1.807, 2.05) is 42.5 Å². The van der Waals surface area contributed by atoms with Gasteiger partial charge in [-0.1, -0.05) is 24.3 Å². The average Bonchev–Trinajstić information content (AvgIpc) is 3.08. The predicted octanol–water partition coefficient (Wildman–Crippen LogP) is 2.74. The second kappa shape index (κ2) is 6.31. The van der Waals surface area contributed by atoms with Gasteiger partial charge in [-0.2, -0.15) is 0 Å². The van der Waals surface area contributed by atoms with E-state index < -0.39 is 0 Å². The summed E-state index contributed by atoms with van der Waals surface area (Å²) in [5, 5.41) is 5.89. The number of carbonyl (C=O) groups excluding carboxylic acids is 1. The lowest BCUT2D eigenvalue weighted by Crippen LogP contribution is -2.39. The zero-order valence-electron chi connectivity index (χ0n) is 13.1. The van der Waals surface area contributed by atoms with Crippen LogP contribution in [-0.4, -0.2) is 19.4 Å². The Kier molecular flexibility index (Phi) is 3.86. The number of para-hydroxylation sites is 1. The van der Waals surface area contributed by atoms with Gasteiger partial charge in [0.05, 0.1) is 12.6 Å². The normalized spacial score (nSPS) is 17.6. The third kappa shape index (κ3) is 2.95. The molecule has 2 amide bonds. The van der Waals surface area contributed by atoms with E-state index in [1.54, 1.807) is 0 Å². The lowest BCUT2D eigenvalue weighted by atomic mass is 10.0. The molecule has 124 valence electrons. The van der Waals surface area contributed by atoms with E-state index in [1.165, 1.54) is 0 Å². The first kappa shape index (κ1) is 14.7. The second-order valence-electron chi connectivity index (χ2n) is 5.74. The van der Waals surface area contributed by atoms with Crippen LogP contribution in [-0.2, 0) is 6.54 Å². The smallest absolute Gasteiger partial charge is 0.315 e. The quantitative estimate of drug-likeness (QED) is 0.910. The minimum Gasteiger partial charge on any atom is -0.493 e. The predicted molar refractivity (Wildman–Crippen MR) is 87.2 cm³/mol. The minimum atomic E-state index is -0.200. The summed E-state index contributed by atoms with van der Waals surface area (Å²) >= 11 is 0. The van der Waals surface area contributed by atoms with Gasteiger partial charge in [0, 0.05) is 18.5 Å². The van der Waals surface area contributed by atoms with Gasteiger partial charge in [0.2, 0.25) is 6.79 Å². The standard InChI is InChI=1S/C18H18N2O4/c21-18(19-10-12-5-6-16-17(9-12)24-11-23-16)20-14-7-8-22-15-4-2-1-3-13(14)15/h1-6,9,14H,7-8,10-11H2,(H2,19,20,21)/t14-/m0/s1. The van der Waals surface area contributed by atoms with E-state index in [0.717, 1.165) is 29.0 Å². The number of fused-ring (bicyclic) bond motifs is 2. The average molecular weight is 326 g/mol. The molecule has 0 saturated heterocycles. The van der Waals surface area contributed by atoms with Gasteiger partial charge >= 0.3 is 6.03 Å². The number of urea groups is 1. The van der Waals surface area contributed by atoms with Gasteiger partial charge in [-0.3, -0.25) is 0 Å². The fourth-order valence-electron chi connectivity index (χ4n) is 2.93. The summed E-state index contributed by atoms with van der Waals surface area (Å²) in [5.41, 5.74) is 1.98. The van der Waals surface area contributed by atoms with E-state index >= 15 is 0 Å². The number of benzene rings is 2. The lowest BCUT2D eigenvalue weighted by molar-refractivity contribution is 0.174. The number of ether oxygens (including phenoxy) is 3. The van der Waals surface area contributed by atoms with Crippen LogP contribution in [0, 0.1) is 0 Å². The molecule has 0 radical (unpaired) electrons. The Morgan fingerprint density at radius 1 is 1.04 bits per heavy atom. The van der Waals surface area contributed by atoms with Crippen molar-refractivity contribution in [3.05, 3.63) is 53.6 Å². The van der Waals surface area contributed by atoms with Crippen molar-refractivity contribution < 1.29 is 19.0 Å². The largest absolute Gasteiger partial charge is 0.493 e. The summed E-state index contributed by atoms with van der Waals surface area (Å²) < 4.78 is 16.2. The second-order valence-corrected chi connectivity index (χ2v) is 5.74. The minimum absolute atomic E-state index is 0.0355. The van der Waals surface area contributed by atoms with E-state index in [9.17, 15) is 4.79 Å². The maximum Gasteiger partial charge on any atom is 0.315 e. The summed E-state index contributed by atoms with van der Waals surface area (Å²) in [6, 6.07) is 13.2.